The zero-order valence-corrected chi connectivity index (χ0v) is 17.5. The normalized spacial score (nSPS) is 15.3. The van der Waals surface area contributed by atoms with Gasteiger partial charge >= 0.3 is 0 Å². The molecule has 0 bridgehead atoms. The first-order chi connectivity index (χ1) is 13.8. The Hall–Kier alpha value is -3.18. The van der Waals surface area contributed by atoms with Gasteiger partial charge in [0.2, 0.25) is 0 Å². The van der Waals surface area contributed by atoms with Crippen LogP contribution in [0.2, 0.25) is 5.02 Å². The maximum atomic E-state index is 13.0. The highest BCUT2D eigenvalue weighted by Crippen LogP contribution is 2.28. The summed E-state index contributed by atoms with van der Waals surface area (Å²) in [6.45, 7) is 7.85. The van der Waals surface area contributed by atoms with Crippen LogP contribution in [0.5, 0.6) is 0 Å². The van der Waals surface area contributed by atoms with E-state index in [2.05, 4.69) is 29.3 Å². The Labute approximate surface area is 174 Å². The van der Waals surface area contributed by atoms with Crippen LogP contribution in [0.4, 0.5) is 5.69 Å². The maximum absolute atomic E-state index is 13.0. The van der Waals surface area contributed by atoms with Crippen molar-refractivity contribution in [3.63, 3.8) is 0 Å². The fourth-order valence-electron chi connectivity index (χ4n) is 3.41. The topological polar surface area (TPSA) is 50.5 Å². The average Bonchev–Trinajstić information content (AvgIpc) is 3.13. The summed E-state index contributed by atoms with van der Waals surface area (Å²) >= 11 is 6.07. The average molecular weight is 405 g/mol. The number of hydrogen-bond donors (Lipinski definition) is 0. The van der Waals surface area contributed by atoms with Crippen LogP contribution in [-0.4, -0.2) is 21.4 Å². The van der Waals surface area contributed by atoms with Crippen LogP contribution < -0.4 is 5.01 Å². The van der Waals surface area contributed by atoms with E-state index in [4.69, 9.17) is 11.6 Å². The molecule has 0 spiro atoms. The Morgan fingerprint density at radius 3 is 2.38 bits per heavy atom. The summed E-state index contributed by atoms with van der Waals surface area (Å²) < 4.78 is 1.90. The molecule has 0 unspecified atom stereocenters. The number of hydrazone groups is 1. The monoisotopic (exact) mass is 404 g/mol. The first-order valence-corrected chi connectivity index (χ1v) is 9.73. The lowest BCUT2D eigenvalue weighted by molar-refractivity contribution is -0.114. The molecule has 1 aliphatic heterocycles. The van der Waals surface area contributed by atoms with Gasteiger partial charge in [-0.1, -0.05) is 35.4 Å². The third-order valence-corrected chi connectivity index (χ3v) is 5.26. The van der Waals surface area contributed by atoms with Crippen molar-refractivity contribution in [1.29, 1.82) is 0 Å². The summed E-state index contributed by atoms with van der Waals surface area (Å²) in [6, 6.07) is 15.3. The number of carbonyl (C=O) groups excluding carboxylic acids is 1. The molecule has 0 radical (unpaired) electrons. The van der Waals surface area contributed by atoms with Crippen LogP contribution in [-0.2, 0) is 4.79 Å². The number of halogens is 1. The second-order valence-electron chi connectivity index (χ2n) is 7.17. The van der Waals surface area contributed by atoms with Crippen molar-refractivity contribution >= 4 is 35.0 Å². The molecule has 1 aliphatic rings. The second kappa shape index (κ2) is 7.33. The zero-order valence-electron chi connectivity index (χ0n) is 16.8. The number of amides is 1. The lowest BCUT2D eigenvalue weighted by atomic mass is 10.1. The first-order valence-electron chi connectivity index (χ1n) is 9.35. The third-order valence-electron chi connectivity index (χ3n) is 5.03. The Bertz CT molecular complexity index is 1170. The quantitative estimate of drug-likeness (QED) is 0.559. The summed E-state index contributed by atoms with van der Waals surface area (Å²) in [5, 5.41) is 11.1. The highest BCUT2D eigenvalue weighted by molar-refractivity contribution is 6.33. The van der Waals surface area contributed by atoms with Gasteiger partial charge in [0.05, 0.1) is 28.4 Å². The fourth-order valence-corrected chi connectivity index (χ4v) is 3.60. The molecule has 2 aromatic carbocycles. The molecule has 0 atom stereocenters. The summed E-state index contributed by atoms with van der Waals surface area (Å²) in [5.41, 5.74) is 6.81. The van der Waals surface area contributed by atoms with Crippen molar-refractivity contribution < 1.29 is 4.79 Å². The molecule has 3 aromatic rings. The van der Waals surface area contributed by atoms with Crippen molar-refractivity contribution in [2.24, 2.45) is 5.10 Å². The summed E-state index contributed by atoms with van der Waals surface area (Å²) in [4.78, 5) is 13.0. The second-order valence-corrected chi connectivity index (χ2v) is 7.61. The smallest absolute Gasteiger partial charge is 0.267 e. The highest BCUT2D eigenvalue weighted by Gasteiger charge is 2.29. The minimum atomic E-state index is -0.174. The molecule has 0 fully saturated rings. The van der Waals surface area contributed by atoms with Crippen molar-refractivity contribution in [2.45, 2.75) is 27.7 Å². The molecule has 1 aromatic heterocycles. The molecule has 5 nitrogen and oxygen atoms in total. The molecule has 0 aliphatic carbocycles. The summed E-state index contributed by atoms with van der Waals surface area (Å²) in [7, 11) is 0. The Balaban J connectivity index is 1.72. The number of hydrogen-bond acceptors (Lipinski definition) is 3. The Morgan fingerprint density at radius 1 is 0.966 bits per heavy atom. The third kappa shape index (κ3) is 3.49. The number of aromatic nitrogens is 2. The number of anilines is 1. The van der Waals surface area contributed by atoms with Gasteiger partial charge in [-0.2, -0.15) is 15.2 Å². The Morgan fingerprint density at radius 2 is 1.69 bits per heavy atom. The molecule has 146 valence electrons. The largest absolute Gasteiger partial charge is 0.280 e. The van der Waals surface area contributed by atoms with Gasteiger partial charge in [-0.15, -0.1) is 0 Å². The summed E-state index contributed by atoms with van der Waals surface area (Å²) in [6.07, 6.45) is 1.88. The lowest BCUT2D eigenvalue weighted by Crippen LogP contribution is -2.21. The van der Waals surface area contributed by atoms with Gasteiger partial charge < -0.3 is 0 Å². The van der Waals surface area contributed by atoms with E-state index in [1.165, 1.54) is 10.6 Å². The van der Waals surface area contributed by atoms with E-state index in [0.717, 1.165) is 22.6 Å². The Kier molecular flexibility index (Phi) is 4.84. The molecule has 0 saturated carbocycles. The SMILES string of the molecule is CC1=NN(c2cccc(Cl)c2)C(=O)/C1=C/c1c(C)nn(-c2ccc(C)cc2)c1C. The molecule has 2 heterocycles. The van der Waals surface area contributed by atoms with Crippen molar-refractivity contribution in [3.8, 4) is 5.69 Å². The molecule has 0 saturated heterocycles. The molecular weight excluding hydrogens is 384 g/mol. The summed E-state index contributed by atoms with van der Waals surface area (Å²) in [5.74, 6) is -0.174. The molecule has 4 rings (SSSR count). The van der Waals surface area contributed by atoms with E-state index >= 15 is 0 Å². The molecule has 0 N–H and O–H groups in total. The number of benzene rings is 2. The van der Waals surface area contributed by atoms with Gasteiger partial charge in [-0.3, -0.25) is 4.79 Å². The van der Waals surface area contributed by atoms with E-state index in [1.54, 1.807) is 18.2 Å². The van der Waals surface area contributed by atoms with E-state index in [9.17, 15) is 4.79 Å². The van der Waals surface area contributed by atoms with Crippen LogP contribution >= 0.6 is 11.6 Å². The number of carbonyl (C=O) groups is 1. The van der Waals surface area contributed by atoms with Gasteiger partial charge in [-0.05, 0) is 64.1 Å². The molecular formula is C23H21ClN4O. The minimum absolute atomic E-state index is 0.174. The number of nitrogens with zero attached hydrogens (tertiary/aromatic N) is 4. The van der Waals surface area contributed by atoms with E-state index in [0.29, 0.717) is 22.0 Å². The van der Waals surface area contributed by atoms with Crippen LogP contribution in [0.15, 0.2) is 59.2 Å². The van der Waals surface area contributed by atoms with Gasteiger partial charge in [0.15, 0.2) is 0 Å². The van der Waals surface area contributed by atoms with Gasteiger partial charge in [0.25, 0.3) is 5.91 Å². The van der Waals surface area contributed by atoms with Crippen molar-refractivity contribution in [2.75, 3.05) is 5.01 Å². The first kappa shape index (κ1) is 19.2. The molecule has 29 heavy (non-hydrogen) atoms. The maximum Gasteiger partial charge on any atom is 0.280 e. The van der Waals surface area contributed by atoms with Crippen molar-refractivity contribution in [1.82, 2.24) is 9.78 Å². The zero-order chi connectivity index (χ0) is 20.7. The van der Waals surface area contributed by atoms with Crippen LogP contribution in [0.25, 0.3) is 11.8 Å². The highest BCUT2D eigenvalue weighted by atomic mass is 35.5. The van der Waals surface area contributed by atoms with E-state index < -0.39 is 0 Å². The van der Waals surface area contributed by atoms with Gasteiger partial charge in [0, 0.05) is 16.3 Å². The predicted octanol–water partition coefficient (Wildman–Crippen LogP) is 5.26. The van der Waals surface area contributed by atoms with Crippen LogP contribution in [0.1, 0.15) is 29.4 Å². The lowest BCUT2D eigenvalue weighted by Gasteiger charge is -2.11. The number of rotatable bonds is 3. The van der Waals surface area contributed by atoms with Crippen LogP contribution in [0, 0.1) is 20.8 Å². The van der Waals surface area contributed by atoms with E-state index in [1.807, 2.05) is 49.7 Å². The van der Waals surface area contributed by atoms with E-state index in [-0.39, 0.29) is 5.91 Å². The van der Waals surface area contributed by atoms with Gasteiger partial charge in [0.1, 0.15) is 0 Å². The van der Waals surface area contributed by atoms with Crippen molar-refractivity contribution in [3.05, 3.63) is 81.6 Å². The minimum Gasteiger partial charge on any atom is -0.267 e. The van der Waals surface area contributed by atoms with Crippen LogP contribution in [0.3, 0.4) is 0 Å². The predicted molar refractivity (Wildman–Crippen MR) is 118 cm³/mol. The standard InChI is InChI=1S/C23H21ClN4O/c1-14-8-10-19(11-9-14)27-17(4)21(15(2)25-27)13-22-16(3)26-28(23(22)29)20-7-5-6-18(24)12-20/h5-13H,1-4H3/b22-13+. The van der Waals surface area contributed by atoms with Gasteiger partial charge in [-0.25, -0.2) is 4.68 Å². The fraction of sp³-hybridized carbons (Fsp3) is 0.174. The molecule has 1 amide bonds. The number of aryl methyl sites for hydroxylation is 2. The molecule has 6 heteroatoms.